The molecule has 2 spiro atoms. The molecule has 0 aromatic carbocycles. The third-order valence-electron chi connectivity index (χ3n) is 6.79. The Hall–Kier alpha value is -2.52. The number of urea groups is 1. The van der Waals surface area contributed by atoms with Crippen molar-refractivity contribution in [2.75, 3.05) is 26.2 Å². The molecule has 0 atom stereocenters. The van der Waals surface area contributed by atoms with Crippen molar-refractivity contribution in [3.8, 4) is 5.75 Å². The van der Waals surface area contributed by atoms with E-state index in [1.807, 2.05) is 9.80 Å². The molecular weight excluding hydrogens is 401 g/mol. The van der Waals surface area contributed by atoms with Crippen LogP contribution in [0.4, 0.5) is 18.0 Å². The highest BCUT2D eigenvalue weighted by Crippen LogP contribution is 2.53. The number of pyridine rings is 1. The summed E-state index contributed by atoms with van der Waals surface area (Å²) in [4.78, 5) is 31.8. The quantitative estimate of drug-likeness (QED) is 0.808. The topological polar surface area (TPSA) is 74.8 Å². The molecule has 30 heavy (non-hydrogen) atoms. The van der Waals surface area contributed by atoms with Gasteiger partial charge in [0.15, 0.2) is 0 Å². The normalized spacial score (nSPS) is 24.3. The number of ether oxygens (including phenoxy) is 1. The number of amides is 3. The molecule has 1 saturated carbocycles. The summed E-state index contributed by atoms with van der Waals surface area (Å²) in [6.45, 7) is 2.71. The number of carbonyl (C=O) groups is 2. The van der Waals surface area contributed by atoms with Crippen LogP contribution in [0, 0.1) is 11.3 Å². The van der Waals surface area contributed by atoms with Gasteiger partial charge < -0.3 is 19.9 Å². The molecule has 0 unspecified atom stereocenters. The fourth-order valence-corrected chi connectivity index (χ4v) is 5.52. The lowest BCUT2D eigenvalue weighted by Gasteiger charge is -2.61. The minimum atomic E-state index is -4.71. The van der Waals surface area contributed by atoms with Crippen molar-refractivity contribution < 1.29 is 27.5 Å². The standard InChI is InChI=1S/C20H23F3N4O3/c21-20(22,23)30-15-2-1-14(24-8-15)5-13-6-18(7-13)9-26(10-18)17(29)27-11-19(12-27)4-3-16(28)25-19/h1-2,8,13H,3-7,9-12H2,(H,25,28). The van der Waals surface area contributed by atoms with E-state index in [9.17, 15) is 22.8 Å². The Morgan fingerprint density at radius 3 is 2.47 bits per heavy atom. The average molecular weight is 424 g/mol. The van der Waals surface area contributed by atoms with Gasteiger partial charge in [0.1, 0.15) is 5.75 Å². The number of likely N-dealkylation sites (tertiary alicyclic amines) is 2. The monoisotopic (exact) mass is 424 g/mol. The molecule has 3 saturated heterocycles. The number of rotatable bonds is 3. The first-order valence-corrected chi connectivity index (χ1v) is 10.2. The number of hydrogen-bond donors (Lipinski definition) is 1. The minimum absolute atomic E-state index is 0.0535. The van der Waals surface area contributed by atoms with Gasteiger partial charge in [0.05, 0.1) is 11.7 Å². The lowest BCUT2D eigenvalue weighted by atomic mass is 9.57. The molecule has 4 aliphatic rings. The van der Waals surface area contributed by atoms with Gasteiger partial charge in [-0.2, -0.15) is 0 Å². The molecule has 7 nitrogen and oxygen atoms in total. The Morgan fingerprint density at radius 1 is 1.20 bits per heavy atom. The van der Waals surface area contributed by atoms with E-state index in [1.54, 1.807) is 6.07 Å². The second-order valence-electron chi connectivity index (χ2n) is 9.33. The Kier molecular flexibility index (Phi) is 4.20. The van der Waals surface area contributed by atoms with Gasteiger partial charge in [-0.25, -0.2) is 4.79 Å². The van der Waals surface area contributed by atoms with Gasteiger partial charge in [-0.15, -0.1) is 13.2 Å². The first-order valence-electron chi connectivity index (χ1n) is 10.2. The van der Waals surface area contributed by atoms with E-state index in [4.69, 9.17) is 0 Å². The highest BCUT2D eigenvalue weighted by molar-refractivity contribution is 5.82. The van der Waals surface area contributed by atoms with E-state index in [-0.39, 0.29) is 28.6 Å². The predicted octanol–water partition coefficient (Wildman–Crippen LogP) is 2.32. The van der Waals surface area contributed by atoms with Crippen LogP contribution < -0.4 is 10.1 Å². The van der Waals surface area contributed by atoms with E-state index in [2.05, 4.69) is 15.0 Å². The largest absolute Gasteiger partial charge is 0.573 e. The van der Waals surface area contributed by atoms with E-state index < -0.39 is 6.36 Å². The maximum atomic E-state index is 12.6. The summed E-state index contributed by atoms with van der Waals surface area (Å²) in [7, 11) is 0. The third-order valence-corrected chi connectivity index (χ3v) is 6.79. The Morgan fingerprint density at radius 2 is 1.90 bits per heavy atom. The molecule has 3 aliphatic heterocycles. The summed E-state index contributed by atoms with van der Waals surface area (Å²) in [5, 5.41) is 2.99. The van der Waals surface area contributed by atoms with Crippen molar-refractivity contribution in [3.63, 3.8) is 0 Å². The van der Waals surface area contributed by atoms with E-state index in [0.29, 0.717) is 25.4 Å². The molecule has 3 amide bonds. The van der Waals surface area contributed by atoms with Gasteiger partial charge >= 0.3 is 12.4 Å². The van der Waals surface area contributed by atoms with Crippen molar-refractivity contribution in [3.05, 3.63) is 24.0 Å². The summed E-state index contributed by atoms with van der Waals surface area (Å²) >= 11 is 0. The fraction of sp³-hybridized carbons (Fsp3) is 0.650. The minimum Gasteiger partial charge on any atom is -0.404 e. The lowest BCUT2D eigenvalue weighted by molar-refractivity contribution is -0.274. The summed E-state index contributed by atoms with van der Waals surface area (Å²) in [5.74, 6) is 0.196. The van der Waals surface area contributed by atoms with Crippen LogP contribution in [0.15, 0.2) is 18.3 Å². The van der Waals surface area contributed by atoms with Gasteiger partial charge in [0.2, 0.25) is 5.91 Å². The first kappa shape index (κ1) is 19.4. The van der Waals surface area contributed by atoms with Crippen molar-refractivity contribution in [1.29, 1.82) is 0 Å². The highest BCUT2D eigenvalue weighted by atomic mass is 19.4. The van der Waals surface area contributed by atoms with Gasteiger partial charge in [-0.1, -0.05) is 0 Å². The number of nitrogens with zero attached hydrogens (tertiary/aromatic N) is 3. The van der Waals surface area contributed by atoms with Crippen molar-refractivity contribution >= 4 is 11.9 Å². The summed E-state index contributed by atoms with van der Waals surface area (Å²) in [5.41, 5.74) is 0.745. The van der Waals surface area contributed by atoms with Gasteiger partial charge in [0, 0.05) is 43.7 Å². The molecule has 5 rings (SSSR count). The number of aromatic nitrogens is 1. The van der Waals surface area contributed by atoms with E-state index in [1.165, 1.54) is 6.07 Å². The van der Waals surface area contributed by atoms with Crippen molar-refractivity contribution in [2.24, 2.45) is 11.3 Å². The first-order chi connectivity index (χ1) is 14.1. The zero-order valence-electron chi connectivity index (χ0n) is 16.4. The Labute approximate surface area is 171 Å². The molecule has 4 heterocycles. The highest BCUT2D eigenvalue weighted by Gasteiger charge is 2.56. The fourth-order valence-electron chi connectivity index (χ4n) is 5.52. The number of alkyl halides is 3. The third kappa shape index (κ3) is 3.56. The number of nitrogens with one attached hydrogen (secondary N) is 1. The molecule has 4 fully saturated rings. The maximum absolute atomic E-state index is 12.6. The van der Waals surface area contributed by atoms with Crippen LogP contribution in [0.2, 0.25) is 0 Å². The molecule has 1 aromatic heterocycles. The molecule has 10 heteroatoms. The molecule has 1 aliphatic carbocycles. The summed E-state index contributed by atoms with van der Waals surface area (Å²) < 4.78 is 40.5. The number of hydrogen-bond acceptors (Lipinski definition) is 4. The van der Waals surface area contributed by atoms with Crippen LogP contribution in [0.3, 0.4) is 0 Å². The van der Waals surface area contributed by atoms with Crippen LogP contribution in [0.5, 0.6) is 5.75 Å². The Bertz CT molecular complexity index is 853. The van der Waals surface area contributed by atoms with E-state index in [0.717, 1.165) is 50.7 Å². The Balaban J connectivity index is 1.04. The zero-order valence-corrected chi connectivity index (χ0v) is 16.4. The van der Waals surface area contributed by atoms with Gasteiger partial charge in [-0.3, -0.25) is 9.78 Å². The summed E-state index contributed by atoms with van der Waals surface area (Å²) in [6.07, 6.45) is 0.461. The van der Waals surface area contributed by atoms with Gasteiger partial charge in [-0.05, 0) is 43.7 Å². The molecule has 1 N–H and O–H groups in total. The second-order valence-corrected chi connectivity index (χ2v) is 9.33. The zero-order chi connectivity index (χ0) is 21.1. The molecule has 162 valence electrons. The average Bonchev–Trinajstić information content (AvgIpc) is 2.96. The maximum Gasteiger partial charge on any atom is 0.573 e. The van der Waals surface area contributed by atoms with Crippen molar-refractivity contribution in [1.82, 2.24) is 20.1 Å². The lowest BCUT2D eigenvalue weighted by Crippen LogP contribution is -2.73. The van der Waals surface area contributed by atoms with Crippen LogP contribution in [-0.2, 0) is 11.2 Å². The van der Waals surface area contributed by atoms with Gasteiger partial charge in [0.25, 0.3) is 0 Å². The van der Waals surface area contributed by atoms with Crippen molar-refractivity contribution in [2.45, 2.75) is 44.0 Å². The molecule has 0 radical (unpaired) electrons. The predicted molar refractivity (Wildman–Crippen MR) is 98.4 cm³/mol. The second kappa shape index (κ2) is 6.49. The molecule has 0 bridgehead atoms. The van der Waals surface area contributed by atoms with Crippen LogP contribution in [-0.4, -0.2) is 64.8 Å². The van der Waals surface area contributed by atoms with Crippen LogP contribution >= 0.6 is 0 Å². The molecular formula is C20H23F3N4O3. The number of halogens is 3. The van der Waals surface area contributed by atoms with Crippen LogP contribution in [0.25, 0.3) is 0 Å². The summed E-state index contributed by atoms with van der Waals surface area (Å²) in [6, 6.07) is 2.92. The SMILES string of the molecule is O=C1CCC2(CN(C(=O)N3CC4(CC(Cc5ccc(OC(F)(F)F)cn5)C4)C3)C2)N1. The van der Waals surface area contributed by atoms with E-state index >= 15 is 0 Å². The number of carbonyl (C=O) groups excluding carboxylic acids is 2. The van der Waals surface area contributed by atoms with Crippen LogP contribution in [0.1, 0.15) is 31.4 Å². The molecule has 1 aromatic rings. The smallest absolute Gasteiger partial charge is 0.404 e.